The number of carboxylic acid groups (broad SMARTS) is 1. The summed E-state index contributed by atoms with van der Waals surface area (Å²) >= 11 is 0. The standard InChI is InChI=1S/C17H24N2O2/c1-2-10-19(14-17(20)21)16-9-6-11-18(13-16)12-15-7-4-3-5-8-15/h2-5,7-8,16H,1,6,9-14H2,(H,20,21). The van der Waals surface area contributed by atoms with Crippen LogP contribution in [0.4, 0.5) is 0 Å². The van der Waals surface area contributed by atoms with E-state index in [2.05, 4.69) is 35.7 Å². The molecule has 0 bridgehead atoms. The molecule has 21 heavy (non-hydrogen) atoms. The first-order chi connectivity index (χ1) is 10.2. The summed E-state index contributed by atoms with van der Waals surface area (Å²) in [5.74, 6) is -0.767. The summed E-state index contributed by atoms with van der Waals surface area (Å²) in [5.41, 5.74) is 1.31. The molecular weight excluding hydrogens is 264 g/mol. The zero-order valence-corrected chi connectivity index (χ0v) is 12.4. The SMILES string of the molecule is C=CCN(CC(=O)O)C1CCCN(Cc2ccccc2)C1. The first kappa shape index (κ1) is 15.7. The topological polar surface area (TPSA) is 43.8 Å². The highest BCUT2D eigenvalue weighted by Gasteiger charge is 2.25. The number of aliphatic carboxylic acids is 1. The molecule has 1 unspecified atom stereocenters. The molecule has 1 aliphatic heterocycles. The molecule has 4 nitrogen and oxygen atoms in total. The van der Waals surface area contributed by atoms with E-state index in [1.54, 1.807) is 6.08 Å². The fraction of sp³-hybridized carbons (Fsp3) is 0.471. The van der Waals surface area contributed by atoms with Crippen molar-refractivity contribution >= 4 is 5.97 Å². The normalized spacial score (nSPS) is 19.6. The molecule has 0 aromatic heterocycles. The third-order valence-electron chi connectivity index (χ3n) is 3.95. The fourth-order valence-electron chi connectivity index (χ4n) is 3.00. The predicted molar refractivity (Wildman–Crippen MR) is 84.1 cm³/mol. The van der Waals surface area contributed by atoms with Gasteiger partial charge in [0, 0.05) is 25.7 Å². The van der Waals surface area contributed by atoms with Crippen molar-refractivity contribution in [2.75, 3.05) is 26.2 Å². The molecule has 1 aromatic rings. The number of hydrogen-bond acceptors (Lipinski definition) is 3. The van der Waals surface area contributed by atoms with Crippen molar-refractivity contribution in [2.24, 2.45) is 0 Å². The van der Waals surface area contributed by atoms with E-state index < -0.39 is 5.97 Å². The van der Waals surface area contributed by atoms with Gasteiger partial charge in [-0.25, -0.2) is 0 Å². The molecule has 0 radical (unpaired) electrons. The maximum absolute atomic E-state index is 11.0. The zero-order valence-electron chi connectivity index (χ0n) is 12.4. The van der Waals surface area contributed by atoms with Gasteiger partial charge in [0.15, 0.2) is 0 Å². The van der Waals surface area contributed by atoms with Gasteiger partial charge in [0.2, 0.25) is 0 Å². The molecular formula is C17H24N2O2. The minimum Gasteiger partial charge on any atom is -0.480 e. The highest BCUT2D eigenvalue weighted by Crippen LogP contribution is 2.18. The molecule has 0 saturated carbocycles. The first-order valence-electron chi connectivity index (χ1n) is 7.52. The van der Waals surface area contributed by atoms with Gasteiger partial charge < -0.3 is 5.11 Å². The van der Waals surface area contributed by atoms with Gasteiger partial charge in [0.1, 0.15) is 0 Å². The molecule has 1 aliphatic rings. The monoisotopic (exact) mass is 288 g/mol. The van der Waals surface area contributed by atoms with Crippen LogP contribution in [0.25, 0.3) is 0 Å². The van der Waals surface area contributed by atoms with Crippen LogP contribution in [0.2, 0.25) is 0 Å². The largest absolute Gasteiger partial charge is 0.480 e. The fourth-order valence-corrected chi connectivity index (χ4v) is 3.00. The Morgan fingerprint density at radius 3 is 2.86 bits per heavy atom. The molecule has 0 aliphatic carbocycles. The van der Waals surface area contributed by atoms with E-state index in [4.69, 9.17) is 5.11 Å². The van der Waals surface area contributed by atoms with Gasteiger partial charge in [-0.2, -0.15) is 0 Å². The average molecular weight is 288 g/mol. The number of piperidine rings is 1. The van der Waals surface area contributed by atoms with Crippen LogP contribution in [-0.4, -0.2) is 53.1 Å². The highest BCUT2D eigenvalue weighted by molar-refractivity contribution is 5.69. The lowest BCUT2D eigenvalue weighted by Crippen LogP contribution is -2.49. The molecule has 1 N–H and O–H groups in total. The second kappa shape index (κ2) is 7.96. The van der Waals surface area contributed by atoms with Crippen LogP contribution in [0.5, 0.6) is 0 Å². The Bertz CT molecular complexity index is 461. The molecule has 4 heteroatoms. The summed E-state index contributed by atoms with van der Waals surface area (Å²) in [7, 11) is 0. The summed E-state index contributed by atoms with van der Waals surface area (Å²) in [6.45, 7) is 7.42. The number of likely N-dealkylation sites (tertiary alicyclic amines) is 1. The number of rotatable bonds is 7. The summed E-state index contributed by atoms with van der Waals surface area (Å²) in [4.78, 5) is 15.4. The van der Waals surface area contributed by atoms with Gasteiger partial charge in [0.05, 0.1) is 6.54 Å². The Kier molecular flexibility index (Phi) is 5.96. The Balaban J connectivity index is 1.95. The minimum atomic E-state index is -0.767. The summed E-state index contributed by atoms with van der Waals surface area (Å²) in [6, 6.07) is 10.7. The molecule has 1 aromatic carbocycles. The van der Waals surface area contributed by atoms with Crippen molar-refractivity contribution in [3.05, 3.63) is 48.6 Å². The van der Waals surface area contributed by atoms with E-state index in [0.29, 0.717) is 12.6 Å². The van der Waals surface area contributed by atoms with Crippen LogP contribution in [0.15, 0.2) is 43.0 Å². The quantitative estimate of drug-likeness (QED) is 0.781. The Morgan fingerprint density at radius 2 is 2.19 bits per heavy atom. The zero-order chi connectivity index (χ0) is 15.1. The molecule has 1 atom stereocenters. The number of carbonyl (C=O) groups is 1. The number of nitrogens with zero attached hydrogens (tertiary/aromatic N) is 2. The Labute approximate surface area is 126 Å². The lowest BCUT2D eigenvalue weighted by Gasteiger charge is -2.38. The number of carboxylic acids is 1. The van der Waals surface area contributed by atoms with Crippen LogP contribution in [-0.2, 0) is 11.3 Å². The van der Waals surface area contributed by atoms with E-state index in [-0.39, 0.29) is 6.54 Å². The van der Waals surface area contributed by atoms with E-state index in [1.165, 1.54) is 5.56 Å². The van der Waals surface area contributed by atoms with Gasteiger partial charge in [-0.15, -0.1) is 6.58 Å². The van der Waals surface area contributed by atoms with Crippen LogP contribution in [0.1, 0.15) is 18.4 Å². The van der Waals surface area contributed by atoms with Crippen molar-refractivity contribution in [1.29, 1.82) is 0 Å². The second-order valence-electron chi connectivity index (χ2n) is 5.63. The lowest BCUT2D eigenvalue weighted by atomic mass is 10.0. The van der Waals surface area contributed by atoms with Crippen LogP contribution in [0, 0.1) is 0 Å². The van der Waals surface area contributed by atoms with Crippen molar-refractivity contribution in [2.45, 2.75) is 25.4 Å². The molecule has 2 rings (SSSR count). The van der Waals surface area contributed by atoms with Crippen LogP contribution >= 0.6 is 0 Å². The van der Waals surface area contributed by atoms with E-state index in [1.807, 2.05) is 11.0 Å². The van der Waals surface area contributed by atoms with Gasteiger partial charge in [-0.1, -0.05) is 36.4 Å². The minimum absolute atomic E-state index is 0.0931. The maximum Gasteiger partial charge on any atom is 0.317 e. The van der Waals surface area contributed by atoms with Crippen molar-refractivity contribution in [1.82, 2.24) is 9.80 Å². The van der Waals surface area contributed by atoms with Crippen molar-refractivity contribution in [3.63, 3.8) is 0 Å². The van der Waals surface area contributed by atoms with E-state index >= 15 is 0 Å². The van der Waals surface area contributed by atoms with Crippen LogP contribution in [0.3, 0.4) is 0 Å². The highest BCUT2D eigenvalue weighted by atomic mass is 16.4. The van der Waals surface area contributed by atoms with Crippen molar-refractivity contribution < 1.29 is 9.90 Å². The third kappa shape index (κ3) is 4.99. The summed E-state index contributed by atoms with van der Waals surface area (Å²) < 4.78 is 0. The maximum atomic E-state index is 11.0. The Morgan fingerprint density at radius 1 is 1.43 bits per heavy atom. The van der Waals surface area contributed by atoms with Crippen LogP contribution < -0.4 is 0 Å². The van der Waals surface area contributed by atoms with Gasteiger partial charge in [-0.3, -0.25) is 14.6 Å². The predicted octanol–water partition coefficient (Wildman–Crippen LogP) is 2.22. The van der Waals surface area contributed by atoms with Gasteiger partial charge in [-0.05, 0) is 24.9 Å². The average Bonchev–Trinajstić information content (AvgIpc) is 2.48. The smallest absolute Gasteiger partial charge is 0.317 e. The molecule has 114 valence electrons. The molecule has 1 fully saturated rings. The van der Waals surface area contributed by atoms with E-state index in [0.717, 1.165) is 32.5 Å². The molecule has 1 saturated heterocycles. The van der Waals surface area contributed by atoms with Gasteiger partial charge in [0.25, 0.3) is 0 Å². The molecule has 0 amide bonds. The summed E-state index contributed by atoms with van der Waals surface area (Å²) in [6.07, 6.45) is 3.97. The summed E-state index contributed by atoms with van der Waals surface area (Å²) in [5, 5.41) is 9.05. The lowest BCUT2D eigenvalue weighted by molar-refractivity contribution is -0.139. The third-order valence-corrected chi connectivity index (χ3v) is 3.95. The second-order valence-corrected chi connectivity index (χ2v) is 5.63. The number of benzene rings is 1. The van der Waals surface area contributed by atoms with E-state index in [9.17, 15) is 4.79 Å². The molecule has 1 heterocycles. The number of hydrogen-bond donors (Lipinski definition) is 1. The molecule has 0 spiro atoms. The van der Waals surface area contributed by atoms with Gasteiger partial charge >= 0.3 is 5.97 Å². The van der Waals surface area contributed by atoms with Crippen molar-refractivity contribution in [3.8, 4) is 0 Å². The first-order valence-corrected chi connectivity index (χ1v) is 7.52. The Hall–Kier alpha value is -1.65.